The minimum absolute atomic E-state index is 0.0265. The van der Waals surface area contributed by atoms with E-state index in [-0.39, 0.29) is 5.70 Å². The van der Waals surface area contributed by atoms with Crippen molar-refractivity contribution in [3.63, 3.8) is 0 Å². The van der Waals surface area contributed by atoms with Crippen molar-refractivity contribution in [3.8, 4) is 6.07 Å². The summed E-state index contributed by atoms with van der Waals surface area (Å²) in [4.78, 5) is 3.12. The summed E-state index contributed by atoms with van der Waals surface area (Å²) in [5.74, 6) is 0.326. The van der Waals surface area contributed by atoms with Crippen LogP contribution in [-0.4, -0.2) is 7.11 Å². The first-order chi connectivity index (χ1) is 7.22. The van der Waals surface area contributed by atoms with Crippen molar-refractivity contribution < 1.29 is 4.74 Å². The number of ether oxygens (including phenoxy) is 1. The van der Waals surface area contributed by atoms with Crippen molar-refractivity contribution in [2.45, 2.75) is 6.92 Å². The first-order valence-electron chi connectivity index (χ1n) is 4.35. The van der Waals surface area contributed by atoms with E-state index in [0.29, 0.717) is 5.76 Å². The van der Waals surface area contributed by atoms with Gasteiger partial charge in [-0.2, -0.15) is 0 Å². The highest BCUT2D eigenvalue weighted by Gasteiger charge is 2.08. The third-order valence-electron chi connectivity index (χ3n) is 1.95. The monoisotopic (exact) mass is 198 g/mol. The molecule has 3 heteroatoms. The summed E-state index contributed by atoms with van der Waals surface area (Å²) < 4.78 is 5.06. The van der Waals surface area contributed by atoms with Crippen LogP contribution >= 0.6 is 0 Å². The van der Waals surface area contributed by atoms with E-state index in [2.05, 4.69) is 4.85 Å². The largest absolute Gasteiger partial charge is 0.506 e. The quantitative estimate of drug-likeness (QED) is 0.416. The zero-order chi connectivity index (χ0) is 11.3. The van der Waals surface area contributed by atoms with Gasteiger partial charge in [0.1, 0.15) is 5.76 Å². The van der Waals surface area contributed by atoms with E-state index in [9.17, 15) is 0 Å². The lowest BCUT2D eigenvalue weighted by Gasteiger charge is -2.06. The Morgan fingerprint density at radius 2 is 2.00 bits per heavy atom. The van der Waals surface area contributed by atoms with Gasteiger partial charge < -0.3 is 4.74 Å². The van der Waals surface area contributed by atoms with Gasteiger partial charge in [0.2, 0.25) is 0 Å². The molecule has 0 fully saturated rings. The van der Waals surface area contributed by atoms with E-state index in [0.717, 1.165) is 11.1 Å². The molecule has 1 rings (SSSR count). The molecule has 1 aromatic carbocycles. The van der Waals surface area contributed by atoms with Crippen LogP contribution in [0.15, 0.2) is 30.0 Å². The zero-order valence-corrected chi connectivity index (χ0v) is 8.61. The van der Waals surface area contributed by atoms with E-state index in [1.807, 2.05) is 37.3 Å². The molecule has 0 amide bonds. The molecular formula is C12H10N2O. The van der Waals surface area contributed by atoms with E-state index in [1.165, 1.54) is 7.11 Å². The van der Waals surface area contributed by atoms with E-state index >= 15 is 0 Å². The van der Waals surface area contributed by atoms with Gasteiger partial charge in [-0.1, -0.05) is 29.8 Å². The Kier molecular flexibility index (Phi) is 3.49. The summed E-state index contributed by atoms with van der Waals surface area (Å²) >= 11 is 0. The highest BCUT2D eigenvalue weighted by molar-refractivity contribution is 5.68. The highest BCUT2D eigenvalue weighted by Crippen LogP contribution is 2.20. The molecule has 0 atom stereocenters. The number of nitrogens with zero attached hydrogens (tertiary/aromatic N) is 2. The van der Waals surface area contributed by atoms with Crippen LogP contribution in [0.25, 0.3) is 10.6 Å². The smallest absolute Gasteiger partial charge is 0.303 e. The van der Waals surface area contributed by atoms with Gasteiger partial charge in [-0.3, -0.25) is 0 Å². The second-order valence-corrected chi connectivity index (χ2v) is 2.97. The van der Waals surface area contributed by atoms with Gasteiger partial charge in [0, 0.05) is 5.56 Å². The Morgan fingerprint density at radius 1 is 1.40 bits per heavy atom. The number of allylic oxidation sites excluding steroid dienone is 1. The average Bonchev–Trinajstić information content (AvgIpc) is 2.27. The first kappa shape index (κ1) is 10.8. The maximum atomic E-state index is 8.74. The number of benzene rings is 1. The average molecular weight is 198 g/mol. The Morgan fingerprint density at radius 3 is 2.40 bits per heavy atom. The summed E-state index contributed by atoms with van der Waals surface area (Å²) in [5.41, 5.74) is 1.84. The molecule has 0 unspecified atom stereocenters. The van der Waals surface area contributed by atoms with Gasteiger partial charge in [0.05, 0.1) is 19.8 Å². The zero-order valence-electron chi connectivity index (χ0n) is 8.61. The number of hydrogen-bond acceptors (Lipinski definition) is 2. The molecule has 0 aliphatic rings. The van der Waals surface area contributed by atoms with Gasteiger partial charge in [-0.25, -0.2) is 10.1 Å². The van der Waals surface area contributed by atoms with Crippen molar-refractivity contribution in [1.82, 2.24) is 0 Å². The van der Waals surface area contributed by atoms with Gasteiger partial charge in [0.25, 0.3) is 0 Å². The van der Waals surface area contributed by atoms with E-state index in [4.69, 9.17) is 16.6 Å². The second-order valence-electron chi connectivity index (χ2n) is 2.97. The van der Waals surface area contributed by atoms with E-state index in [1.54, 1.807) is 0 Å². The van der Waals surface area contributed by atoms with Gasteiger partial charge in [0.15, 0.2) is 0 Å². The molecule has 15 heavy (non-hydrogen) atoms. The lowest BCUT2D eigenvalue weighted by molar-refractivity contribution is 0.368. The second kappa shape index (κ2) is 4.83. The van der Waals surface area contributed by atoms with E-state index < -0.39 is 0 Å². The summed E-state index contributed by atoms with van der Waals surface area (Å²) in [6.45, 7) is 8.82. The van der Waals surface area contributed by atoms with Crippen LogP contribution in [0, 0.1) is 24.8 Å². The molecule has 0 bridgehead atoms. The van der Waals surface area contributed by atoms with Crippen LogP contribution in [0.4, 0.5) is 0 Å². The van der Waals surface area contributed by atoms with Crippen LogP contribution in [0.2, 0.25) is 0 Å². The fourth-order valence-corrected chi connectivity index (χ4v) is 1.18. The Balaban J connectivity index is 3.27. The Hall–Kier alpha value is -2.26. The van der Waals surface area contributed by atoms with Crippen LogP contribution in [-0.2, 0) is 4.74 Å². The van der Waals surface area contributed by atoms with Crippen molar-refractivity contribution >= 4 is 5.76 Å². The van der Waals surface area contributed by atoms with Crippen molar-refractivity contribution in [3.05, 3.63) is 52.5 Å². The fourth-order valence-electron chi connectivity index (χ4n) is 1.18. The van der Waals surface area contributed by atoms with Crippen LogP contribution < -0.4 is 0 Å². The highest BCUT2D eigenvalue weighted by atomic mass is 16.5. The maximum absolute atomic E-state index is 8.74. The molecule has 0 heterocycles. The van der Waals surface area contributed by atoms with Crippen LogP contribution in [0.3, 0.4) is 0 Å². The topological polar surface area (TPSA) is 37.4 Å². The molecule has 74 valence electrons. The normalized spacial score (nSPS) is 10.9. The number of nitriles is 1. The molecule has 0 N–H and O–H groups in total. The lowest BCUT2D eigenvalue weighted by atomic mass is 10.1. The molecule has 0 aliphatic heterocycles. The van der Waals surface area contributed by atoms with Crippen molar-refractivity contribution in [2.75, 3.05) is 7.11 Å². The fraction of sp³-hybridized carbons (Fsp3) is 0.167. The summed E-state index contributed by atoms with van der Waals surface area (Å²) in [6, 6.07) is 9.30. The predicted molar refractivity (Wildman–Crippen MR) is 57.3 cm³/mol. The Labute approximate surface area is 89.0 Å². The molecule has 1 aromatic rings. The van der Waals surface area contributed by atoms with Gasteiger partial charge in [-0.15, -0.1) is 0 Å². The molecular weight excluding hydrogens is 188 g/mol. The Bertz CT molecular complexity index is 442. The minimum atomic E-state index is -0.0265. The molecule has 0 spiro atoms. The van der Waals surface area contributed by atoms with Crippen molar-refractivity contribution in [2.24, 2.45) is 0 Å². The number of rotatable bonds is 2. The number of hydrogen-bond donors (Lipinski definition) is 0. The standard InChI is InChI=1S/C12H10N2O/c1-9-4-6-10(7-5-9)12(15-3)11(8-13)14-2/h4-7H,1,3H3/b12-11+. The van der Waals surface area contributed by atoms with Gasteiger partial charge in [-0.05, 0) is 6.92 Å². The summed E-state index contributed by atoms with van der Waals surface area (Å²) in [7, 11) is 1.46. The maximum Gasteiger partial charge on any atom is 0.303 e. The molecule has 0 aliphatic carbocycles. The van der Waals surface area contributed by atoms with Gasteiger partial charge >= 0.3 is 5.70 Å². The molecule has 0 radical (unpaired) electrons. The first-order valence-corrected chi connectivity index (χ1v) is 4.35. The number of methoxy groups -OCH3 is 1. The SMILES string of the molecule is [C-]#[N+]/C(C#N)=C(/OC)c1ccc(C)cc1. The molecule has 3 nitrogen and oxygen atoms in total. The molecule has 0 saturated carbocycles. The lowest BCUT2D eigenvalue weighted by Crippen LogP contribution is -1.90. The molecule has 0 aromatic heterocycles. The third-order valence-corrected chi connectivity index (χ3v) is 1.95. The summed E-state index contributed by atoms with van der Waals surface area (Å²) in [5, 5.41) is 8.74. The predicted octanol–water partition coefficient (Wildman–Crippen LogP) is 2.75. The van der Waals surface area contributed by atoms with Crippen LogP contribution in [0.1, 0.15) is 11.1 Å². The van der Waals surface area contributed by atoms with Crippen LogP contribution in [0.5, 0.6) is 0 Å². The molecule has 0 saturated heterocycles. The minimum Gasteiger partial charge on any atom is -0.506 e. The number of aryl methyl sites for hydroxylation is 1. The summed E-state index contributed by atoms with van der Waals surface area (Å²) in [6.07, 6.45) is 0. The third kappa shape index (κ3) is 2.36. The van der Waals surface area contributed by atoms with Crippen molar-refractivity contribution in [1.29, 1.82) is 5.26 Å².